The van der Waals surface area contributed by atoms with Gasteiger partial charge in [0.05, 0.1) is 11.2 Å². The zero-order valence-corrected chi connectivity index (χ0v) is 12.8. The summed E-state index contributed by atoms with van der Waals surface area (Å²) in [6, 6.07) is 0.0913. The highest BCUT2D eigenvalue weighted by Crippen LogP contribution is 2.37. The normalized spacial score (nSPS) is 27.4. The molecule has 5 heteroatoms. The van der Waals surface area contributed by atoms with Crippen LogP contribution < -0.4 is 11.2 Å². The topological polar surface area (TPSA) is 57.4 Å². The molecule has 1 atom stereocenters. The summed E-state index contributed by atoms with van der Waals surface area (Å²) < 4.78 is 12.3. The van der Waals surface area contributed by atoms with Crippen molar-refractivity contribution in [2.75, 3.05) is 0 Å². The van der Waals surface area contributed by atoms with E-state index in [4.69, 9.17) is 15.0 Å². The van der Waals surface area contributed by atoms with Crippen LogP contribution in [0.1, 0.15) is 57.7 Å². The van der Waals surface area contributed by atoms with Crippen molar-refractivity contribution in [2.24, 2.45) is 5.73 Å². The lowest BCUT2D eigenvalue weighted by Crippen LogP contribution is -2.41. The van der Waals surface area contributed by atoms with E-state index in [0.717, 1.165) is 30.3 Å². The molecular formula is C15H23BN2O2. The Bertz CT molecular complexity index is 515. The molecule has 0 saturated carbocycles. The molecule has 0 spiro atoms. The summed E-state index contributed by atoms with van der Waals surface area (Å²) in [5.41, 5.74) is 9.04. The number of nitrogens with two attached hydrogens (primary N) is 1. The SMILES string of the molecule is CC1(C)OB(c2cncc3c2CCC[C@H]3N)OC1(C)C. The maximum absolute atomic E-state index is 6.20. The average molecular weight is 274 g/mol. The van der Waals surface area contributed by atoms with E-state index in [-0.39, 0.29) is 24.4 Å². The van der Waals surface area contributed by atoms with Gasteiger partial charge in [0.15, 0.2) is 0 Å². The van der Waals surface area contributed by atoms with Gasteiger partial charge in [-0.05, 0) is 58.1 Å². The molecule has 0 radical (unpaired) electrons. The molecule has 2 aliphatic rings. The second-order valence-electron chi connectivity index (χ2n) is 6.88. The minimum Gasteiger partial charge on any atom is -0.399 e. The molecule has 1 aliphatic carbocycles. The highest BCUT2D eigenvalue weighted by Gasteiger charge is 2.52. The van der Waals surface area contributed by atoms with E-state index in [1.54, 1.807) is 0 Å². The van der Waals surface area contributed by atoms with Crippen molar-refractivity contribution >= 4 is 12.6 Å². The van der Waals surface area contributed by atoms with Crippen molar-refractivity contribution in [3.05, 3.63) is 23.5 Å². The molecule has 0 unspecified atom stereocenters. The first-order chi connectivity index (χ1) is 9.32. The van der Waals surface area contributed by atoms with Crippen LogP contribution in [0.5, 0.6) is 0 Å². The van der Waals surface area contributed by atoms with Crippen LogP contribution in [0.25, 0.3) is 0 Å². The Labute approximate surface area is 121 Å². The fourth-order valence-corrected chi connectivity index (χ4v) is 2.96. The third-order valence-corrected chi connectivity index (χ3v) is 4.97. The minimum absolute atomic E-state index is 0.0913. The molecule has 0 bridgehead atoms. The molecule has 2 N–H and O–H groups in total. The zero-order chi connectivity index (χ0) is 14.5. The van der Waals surface area contributed by atoms with Gasteiger partial charge < -0.3 is 15.0 Å². The van der Waals surface area contributed by atoms with E-state index in [1.807, 2.05) is 12.4 Å². The van der Waals surface area contributed by atoms with E-state index in [0.29, 0.717) is 0 Å². The molecule has 1 aliphatic heterocycles. The van der Waals surface area contributed by atoms with Crippen molar-refractivity contribution in [1.29, 1.82) is 0 Å². The summed E-state index contributed by atoms with van der Waals surface area (Å²) in [6.07, 6.45) is 6.95. The fourth-order valence-electron chi connectivity index (χ4n) is 2.96. The number of rotatable bonds is 1. The van der Waals surface area contributed by atoms with Crippen molar-refractivity contribution in [3.8, 4) is 0 Å². The number of pyridine rings is 1. The first-order valence-corrected chi connectivity index (χ1v) is 7.40. The molecule has 2 heterocycles. The molecule has 1 fully saturated rings. The number of fused-ring (bicyclic) bond motifs is 1. The quantitative estimate of drug-likeness (QED) is 0.792. The maximum Gasteiger partial charge on any atom is 0.496 e. The van der Waals surface area contributed by atoms with Crippen LogP contribution in [0.3, 0.4) is 0 Å². The molecule has 3 rings (SSSR count). The Kier molecular flexibility index (Phi) is 3.20. The summed E-state index contributed by atoms with van der Waals surface area (Å²) in [7, 11) is -0.340. The smallest absolute Gasteiger partial charge is 0.399 e. The lowest BCUT2D eigenvalue weighted by Gasteiger charge is -2.32. The van der Waals surface area contributed by atoms with Gasteiger partial charge in [-0.15, -0.1) is 0 Å². The summed E-state index contributed by atoms with van der Waals surface area (Å²) in [5, 5.41) is 0. The molecular weight excluding hydrogens is 251 g/mol. The second-order valence-corrected chi connectivity index (χ2v) is 6.88. The van der Waals surface area contributed by atoms with Gasteiger partial charge in [-0.1, -0.05) is 0 Å². The van der Waals surface area contributed by atoms with Gasteiger partial charge in [0.25, 0.3) is 0 Å². The molecule has 20 heavy (non-hydrogen) atoms. The number of hydrogen-bond acceptors (Lipinski definition) is 4. The predicted octanol–water partition coefficient (Wildman–Crippen LogP) is 1.72. The van der Waals surface area contributed by atoms with Crippen LogP contribution in [0.2, 0.25) is 0 Å². The summed E-state index contributed by atoms with van der Waals surface area (Å²) >= 11 is 0. The van der Waals surface area contributed by atoms with Gasteiger partial charge in [-0.3, -0.25) is 4.98 Å². The Morgan fingerprint density at radius 3 is 2.50 bits per heavy atom. The monoisotopic (exact) mass is 274 g/mol. The average Bonchev–Trinajstić information content (AvgIpc) is 2.58. The van der Waals surface area contributed by atoms with Gasteiger partial charge in [0.2, 0.25) is 0 Å². The van der Waals surface area contributed by atoms with Crippen molar-refractivity contribution in [2.45, 2.75) is 64.2 Å². The molecule has 1 aromatic heterocycles. The maximum atomic E-state index is 6.20. The largest absolute Gasteiger partial charge is 0.496 e. The molecule has 1 saturated heterocycles. The van der Waals surface area contributed by atoms with Gasteiger partial charge >= 0.3 is 7.12 Å². The highest BCUT2D eigenvalue weighted by atomic mass is 16.7. The first kappa shape index (κ1) is 14.0. The van der Waals surface area contributed by atoms with Crippen LogP contribution in [-0.2, 0) is 15.7 Å². The Balaban J connectivity index is 1.99. The van der Waals surface area contributed by atoms with Crippen molar-refractivity contribution < 1.29 is 9.31 Å². The molecule has 0 amide bonds. The fraction of sp³-hybridized carbons (Fsp3) is 0.667. The summed E-state index contributed by atoms with van der Waals surface area (Å²) in [4.78, 5) is 4.35. The van der Waals surface area contributed by atoms with Crippen molar-refractivity contribution in [3.63, 3.8) is 0 Å². The van der Waals surface area contributed by atoms with Crippen LogP contribution in [0, 0.1) is 0 Å². The summed E-state index contributed by atoms with van der Waals surface area (Å²) in [6.45, 7) is 8.28. The molecule has 108 valence electrons. The van der Waals surface area contributed by atoms with Crippen LogP contribution >= 0.6 is 0 Å². The van der Waals surface area contributed by atoms with Crippen molar-refractivity contribution in [1.82, 2.24) is 4.98 Å². The Morgan fingerprint density at radius 2 is 1.85 bits per heavy atom. The van der Waals surface area contributed by atoms with E-state index in [9.17, 15) is 0 Å². The summed E-state index contributed by atoms with van der Waals surface area (Å²) in [5.74, 6) is 0. The lowest BCUT2D eigenvalue weighted by molar-refractivity contribution is 0.00578. The van der Waals surface area contributed by atoms with E-state index in [1.165, 1.54) is 5.56 Å². The highest BCUT2D eigenvalue weighted by molar-refractivity contribution is 6.62. The number of hydrogen-bond donors (Lipinski definition) is 1. The van der Waals surface area contributed by atoms with Gasteiger partial charge in [-0.2, -0.15) is 0 Å². The minimum atomic E-state index is -0.340. The number of aromatic nitrogens is 1. The lowest BCUT2D eigenvalue weighted by atomic mass is 9.72. The third kappa shape index (κ3) is 2.08. The second kappa shape index (κ2) is 4.55. The molecule has 4 nitrogen and oxygen atoms in total. The number of nitrogens with zero attached hydrogens (tertiary/aromatic N) is 1. The van der Waals surface area contributed by atoms with E-state index in [2.05, 4.69) is 32.7 Å². The van der Waals surface area contributed by atoms with Crippen LogP contribution in [0.15, 0.2) is 12.4 Å². The van der Waals surface area contributed by atoms with Gasteiger partial charge in [0.1, 0.15) is 0 Å². The Morgan fingerprint density at radius 1 is 1.20 bits per heavy atom. The first-order valence-electron chi connectivity index (χ1n) is 7.40. The van der Waals surface area contributed by atoms with E-state index >= 15 is 0 Å². The standard InChI is InChI=1S/C15H23BN2O2/c1-14(2)15(3,4)20-16(19-14)12-9-18-8-11-10(12)6-5-7-13(11)17/h8-9,13H,5-7,17H2,1-4H3/t13-/m1/s1. The third-order valence-electron chi connectivity index (χ3n) is 4.97. The predicted molar refractivity (Wildman–Crippen MR) is 79.8 cm³/mol. The van der Waals surface area contributed by atoms with Crippen LogP contribution in [-0.4, -0.2) is 23.3 Å². The molecule has 0 aromatic carbocycles. The van der Waals surface area contributed by atoms with Crippen LogP contribution in [0.4, 0.5) is 0 Å². The Hall–Kier alpha value is -0.905. The van der Waals surface area contributed by atoms with E-state index < -0.39 is 0 Å². The molecule has 1 aromatic rings. The zero-order valence-electron chi connectivity index (χ0n) is 12.8. The van der Waals surface area contributed by atoms with Gasteiger partial charge in [0, 0.05) is 23.9 Å². The van der Waals surface area contributed by atoms with Gasteiger partial charge in [-0.25, -0.2) is 0 Å².